The summed E-state index contributed by atoms with van der Waals surface area (Å²) in [4.78, 5) is 24.0. The molecule has 6 nitrogen and oxygen atoms in total. The molecule has 26 heavy (non-hydrogen) atoms. The van der Waals surface area contributed by atoms with Crippen LogP contribution in [0.1, 0.15) is 18.5 Å². The Bertz CT molecular complexity index is 912. The van der Waals surface area contributed by atoms with Gasteiger partial charge in [-0.15, -0.1) is 0 Å². The van der Waals surface area contributed by atoms with Crippen LogP contribution in [0.2, 0.25) is 0 Å². The number of hydrogen-bond donors (Lipinski definition) is 2. The predicted molar refractivity (Wildman–Crippen MR) is 98.9 cm³/mol. The lowest BCUT2D eigenvalue weighted by atomic mass is 10.1. The molecule has 1 heterocycles. The molecular formula is C20H20N2O4. The standard InChI is InChI=1S/C20H20N2O4/c23-14-16-8-4-12-22(16)20(25)26-13-5-11-19(24)21-18-10-3-7-15-6-1-2-9-17(15)18/h1-4,6-10,12,23H,5,11,13-14H2,(H,21,24). The van der Waals surface area contributed by atoms with Gasteiger partial charge in [-0.2, -0.15) is 0 Å². The van der Waals surface area contributed by atoms with Crippen LogP contribution in [0.3, 0.4) is 0 Å². The van der Waals surface area contributed by atoms with Gasteiger partial charge in [-0.3, -0.25) is 9.36 Å². The van der Waals surface area contributed by atoms with Crippen molar-refractivity contribution in [1.82, 2.24) is 4.57 Å². The van der Waals surface area contributed by atoms with Gasteiger partial charge in [0.1, 0.15) is 0 Å². The van der Waals surface area contributed by atoms with E-state index in [0.29, 0.717) is 12.1 Å². The molecule has 0 spiro atoms. The molecule has 0 fully saturated rings. The quantitative estimate of drug-likeness (QED) is 0.665. The zero-order valence-electron chi connectivity index (χ0n) is 14.2. The maximum absolute atomic E-state index is 12.1. The minimum Gasteiger partial charge on any atom is -0.449 e. The van der Waals surface area contributed by atoms with Gasteiger partial charge >= 0.3 is 6.09 Å². The largest absolute Gasteiger partial charge is 0.449 e. The van der Waals surface area contributed by atoms with Crippen LogP contribution in [-0.4, -0.2) is 28.3 Å². The van der Waals surface area contributed by atoms with Crippen molar-refractivity contribution in [3.05, 3.63) is 66.5 Å². The zero-order chi connectivity index (χ0) is 18.4. The van der Waals surface area contributed by atoms with Gasteiger partial charge in [0, 0.05) is 23.7 Å². The fraction of sp³-hybridized carbons (Fsp3) is 0.200. The number of nitrogens with zero attached hydrogens (tertiary/aromatic N) is 1. The van der Waals surface area contributed by atoms with E-state index in [1.807, 2.05) is 42.5 Å². The predicted octanol–water partition coefficient (Wildman–Crippen LogP) is 3.54. The van der Waals surface area contributed by atoms with Crippen molar-refractivity contribution in [3.8, 4) is 0 Å². The van der Waals surface area contributed by atoms with Crippen molar-refractivity contribution in [3.63, 3.8) is 0 Å². The van der Waals surface area contributed by atoms with Crippen molar-refractivity contribution >= 4 is 28.5 Å². The van der Waals surface area contributed by atoms with Gasteiger partial charge in [-0.05, 0) is 30.0 Å². The summed E-state index contributed by atoms with van der Waals surface area (Å²) in [5.74, 6) is -0.130. The SMILES string of the molecule is O=C(CCCOC(=O)n1cccc1CO)Nc1cccc2ccccc12. The summed E-state index contributed by atoms with van der Waals surface area (Å²) in [6.07, 6.45) is 1.63. The molecule has 2 N–H and O–H groups in total. The Morgan fingerprint density at radius 1 is 1.04 bits per heavy atom. The third-order valence-corrected chi connectivity index (χ3v) is 4.03. The average molecular weight is 352 g/mol. The molecule has 0 aliphatic heterocycles. The van der Waals surface area contributed by atoms with E-state index in [4.69, 9.17) is 9.84 Å². The van der Waals surface area contributed by atoms with Crippen molar-refractivity contribution < 1.29 is 19.4 Å². The number of amides is 1. The van der Waals surface area contributed by atoms with E-state index in [1.54, 1.807) is 12.1 Å². The molecule has 3 rings (SSSR count). The number of aliphatic hydroxyl groups is 1. The molecule has 6 heteroatoms. The van der Waals surface area contributed by atoms with Crippen molar-refractivity contribution in [2.24, 2.45) is 0 Å². The van der Waals surface area contributed by atoms with Gasteiger partial charge in [0.2, 0.25) is 5.91 Å². The Labute approximate surface area is 151 Å². The number of aliphatic hydroxyl groups excluding tert-OH is 1. The highest BCUT2D eigenvalue weighted by molar-refractivity contribution is 6.02. The van der Waals surface area contributed by atoms with Crippen molar-refractivity contribution in [1.29, 1.82) is 0 Å². The highest BCUT2D eigenvalue weighted by Crippen LogP contribution is 2.23. The van der Waals surface area contributed by atoms with E-state index in [-0.39, 0.29) is 25.5 Å². The third kappa shape index (κ3) is 4.10. The normalized spacial score (nSPS) is 10.7. The van der Waals surface area contributed by atoms with E-state index in [0.717, 1.165) is 16.5 Å². The molecule has 134 valence electrons. The van der Waals surface area contributed by atoms with Crippen LogP contribution in [0.5, 0.6) is 0 Å². The molecule has 0 saturated carbocycles. The molecule has 3 aromatic rings. The van der Waals surface area contributed by atoms with Crippen LogP contribution < -0.4 is 5.32 Å². The molecule has 0 radical (unpaired) electrons. The van der Waals surface area contributed by atoms with E-state index < -0.39 is 6.09 Å². The lowest BCUT2D eigenvalue weighted by Gasteiger charge is -2.10. The lowest BCUT2D eigenvalue weighted by molar-refractivity contribution is -0.116. The van der Waals surface area contributed by atoms with Crippen LogP contribution in [0.15, 0.2) is 60.8 Å². The number of fused-ring (bicyclic) bond motifs is 1. The van der Waals surface area contributed by atoms with Gasteiger partial charge < -0.3 is 15.2 Å². The molecule has 1 aromatic heterocycles. The second-order valence-electron chi connectivity index (χ2n) is 5.82. The third-order valence-electron chi connectivity index (χ3n) is 4.03. The molecule has 2 aromatic carbocycles. The first-order valence-electron chi connectivity index (χ1n) is 8.41. The first-order chi connectivity index (χ1) is 12.7. The summed E-state index contributed by atoms with van der Waals surface area (Å²) >= 11 is 0. The van der Waals surface area contributed by atoms with Crippen molar-refractivity contribution in [2.75, 3.05) is 11.9 Å². The van der Waals surface area contributed by atoms with Crippen LogP contribution in [-0.2, 0) is 16.1 Å². The summed E-state index contributed by atoms with van der Waals surface area (Å²) < 4.78 is 6.38. The van der Waals surface area contributed by atoms with Crippen LogP contribution in [0.4, 0.5) is 10.5 Å². The molecule has 0 bridgehead atoms. The van der Waals surface area contributed by atoms with Gasteiger partial charge in [0.05, 0.1) is 18.9 Å². The molecule has 0 atom stereocenters. The summed E-state index contributed by atoms with van der Waals surface area (Å²) in [6.45, 7) is -0.111. The van der Waals surface area contributed by atoms with Crippen LogP contribution in [0, 0.1) is 0 Å². The fourth-order valence-electron chi connectivity index (χ4n) is 2.73. The molecule has 1 amide bonds. The number of hydrogen-bond acceptors (Lipinski definition) is 4. The zero-order valence-corrected chi connectivity index (χ0v) is 14.2. The summed E-state index contributed by atoms with van der Waals surface area (Å²) in [7, 11) is 0. The highest BCUT2D eigenvalue weighted by Gasteiger charge is 2.10. The lowest BCUT2D eigenvalue weighted by Crippen LogP contribution is -2.17. The molecule has 0 aliphatic rings. The van der Waals surface area contributed by atoms with Crippen molar-refractivity contribution in [2.45, 2.75) is 19.4 Å². The van der Waals surface area contributed by atoms with E-state index in [1.165, 1.54) is 10.8 Å². The summed E-state index contributed by atoms with van der Waals surface area (Å²) in [6, 6.07) is 16.9. The number of aromatic nitrogens is 1. The number of carbonyl (C=O) groups is 2. The number of benzene rings is 2. The maximum atomic E-state index is 12.1. The minimum atomic E-state index is -0.562. The van der Waals surface area contributed by atoms with Gasteiger partial charge in [-0.1, -0.05) is 36.4 Å². The smallest absolute Gasteiger partial charge is 0.418 e. The summed E-state index contributed by atoms with van der Waals surface area (Å²) in [5.41, 5.74) is 1.23. The Balaban J connectivity index is 1.48. The Morgan fingerprint density at radius 2 is 1.85 bits per heavy atom. The number of ether oxygens (including phenoxy) is 1. The van der Waals surface area contributed by atoms with E-state index >= 15 is 0 Å². The number of anilines is 1. The minimum absolute atomic E-state index is 0.130. The van der Waals surface area contributed by atoms with Gasteiger partial charge in [0.15, 0.2) is 0 Å². The van der Waals surface area contributed by atoms with Crippen LogP contribution in [0.25, 0.3) is 10.8 Å². The number of carbonyl (C=O) groups excluding carboxylic acids is 2. The first-order valence-corrected chi connectivity index (χ1v) is 8.41. The maximum Gasteiger partial charge on any atom is 0.418 e. The van der Waals surface area contributed by atoms with Crippen LogP contribution >= 0.6 is 0 Å². The molecule has 0 aliphatic carbocycles. The van der Waals surface area contributed by atoms with E-state index in [2.05, 4.69) is 5.32 Å². The van der Waals surface area contributed by atoms with Gasteiger partial charge in [-0.25, -0.2) is 4.79 Å². The Morgan fingerprint density at radius 3 is 2.69 bits per heavy atom. The highest BCUT2D eigenvalue weighted by atomic mass is 16.5. The number of rotatable bonds is 6. The second-order valence-corrected chi connectivity index (χ2v) is 5.82. The Kier molecular flexibility index (Phi) is 5.66. The fourth-order valence-corrected chi connectivity index (χ4v) is 2.73. The number of nitrogens with one attached hydrogen (secondary N) is 1. The molecular weight excluding hydrogens is 332 g/mol. The first kappa shape index (κ1) is 17.7. The topological polar surface area (TPSA) is 80.6 Å². The van der Waals surface area contributed by atoms with Gasteiger partial charge in [0.25, 0.3) is 0 Å². The summed E-state index contributed by atoms with van der Waals surface area (Å²) in [5, 5.41) is 14.1. The molecule has 0 unspecified atom stereocenters. The Hall–Kier alpha value is -3.12. The monoisotopic (exact) mass is 352 g/mol. The molecule has 0 saturated heterocycles. The average Bonchev–Trinajstić information content (AvgIpc) is 3.14. The second kappa shape index (κ2) is 8.31. The van der Waals surface area contributed by atoms with E-state index in [9.17, 15) is 9.59 Å².